The number of rotatable bonds is 15. The number of benzene rings is 3. The number of pyridine rings is 1. The van der Waals surface area contributed by atoms with Gasteiger partial charge in [-0.3, -0.25) is 9.00 Å². The van der Waals surface area contributed by atoms with Crippen molar-refractivity contribution >= 4 is 39.8 Å². The first-order chi connectivity index (χ1) is 24.4. The van der Waals surface area contributed by atoms with Gasteiger partial charge in [0.15, 0.2) is 0 Å². The van der Waals surface area contributed by atoms with Crippen LogP contribution in [0.5, 0.6) is 5.75 Å². The van der Waals surface area contributed by atoms with Crippen LogP contribution in [0.4, 0.5) is 11.4 Å². The Bertz CT molecular complexity index is 1950. The molecular formula is C41H46N4O4S. The van der Waals surface area contributed by atoms with Gasteiger partial charge in [0.25, 0.3) is 5.91 Å². The first-order valence-corrected chi connectivity index (χ1v) is 18.8. The highest BCUT2D eigenvalue weighted by atomic mass is 32.2. The Labute approximate surface area is 297 Å². The van der Waals surface area contributed by atoms with Crippen LogP contribution in [0.1, 0.15) is 51.3 Å². The molecule has 3 aromatic carbocycles. The number of hydrogen-bond donors (Lipinski definition) is 1. The Morgan fingerprint density at radius 1 is 0.960 bits per heavy atom. The minimum absolute atomic E-state index is 0.132. The molecule has 50 heavy (non-hydrogen) atoms. The highest BCUT2D eigenvalue weighted by Gasteiger charge is 2.21. The highest BCUT2D eigenvalue weighted by Crippen LogP contribution is 2.34. The van der Waals surface area contributed by atoms with Crippen molar-refractivity contribution in [1.82, 2.24) is 9.38 Å². The second kappa shape index (κ2) is 16.8. The van der Waals surface area contributed by atoms with E-state index in [2.05, 4.69) is 66.3 Å². The van der Waals surface area contributed by atoms with E-state index in [1.165, 1.54) is 0 Å². The molecule has 9 heteroatoms. The summed E-state index contributed by atoms with van der Waals surface area (Å²) in [4.78, 5) is 21.2. The minimum atomic E-state index is -1.26. The molecule has 1 N–H and O–H groups in total. The zero-order valence-corrected chi connectivity index (χ0v) is 30.0. The molecule has 1 amide bonds. The summed E-state index contributed by atoms with van der Waals surface area (Å²) in [5.41, 5.74) is 7.41. The van der Waals surface area contributed by atoms with Crippen LogP contribution in [-0.2, 0) is 26.1 Å². The van der Waals surface area contributed by atoms with Crippen molar-refractivity contribution in [2.45, 2.75) is 50.7 Å². The standard InChI is InChI=1S/C41H46N4O4S/c1-4-5-22-48-23-24-49-37-14-9-31(10-15-37)32-11-18-39-34(25-32)26-33(19-21-44(39)28-30(2)3)41(46)43-35-12-16-38(17-13-35)50(47)29-36-27-42-40-8-6-7-20-45(36)40/h6-18,20,25-27,30H,4-5,19,21-24,28-29H2,1-3H3,(H,43,46). The Balaban J connectivity index is 1.14. The van der Waals surface area contributed by atoms with Crippen LogP contribution >= 0.6 is 0 Å². The summed E-state index contributed by atoms with van der Waals surface area (Å²) in [5.74, 6) is 1.51. The SMILES string of the molecule is CCCCOCCOc1ccc(-c2ccc3c(c2)C=C(C(=O)Nc2ccc(S(=O)Cc4cnc5ccccn45)cc2)CCN3CC(C)C)cc1. The molecule has 1 aliphatic rings. The van der Waals surface area contributed by atoms with Crippen LogP contribution in [0.25, 0.3) is 22.9 Å². The predicted molar refractivity (Wildman–Crippen MR) is 203 cm³/mol. The first-order valence-electron chi connectivity index (χ1n) is 17.5. The van der Waals surface area contributed by atoms with Crippen LogP contribution in [0.3, 0.4) is 0 Å². The largest absolute Gasteiger partial charge is 0.491 e. The molecular weight excluding hydrogens is 645 g/mol. The van der Waals surface area contributed by atoms with E-state index in [4.69, 9.17) is 9.47 Å². The lowest BCUT2D eigenvalue weighted by atomic mass is 10.00. The number of aromatic nitrogens is 2. The summed E-state index contributed by atoms with van der Waals surface area (Å²) in [7, 11) is -1.26. The third-order valence-electron chi connectivity index (χ3n) is 8.70. The van der Waals surface area contributed by atoms with Gasteiger partial charge in [-0.1, -0.05) is 51.5 Å². The van der Waals surface area contributed by atoms with Gasteiger partial charge < -0.3 is 24.1 Å². The lowest BCUT2D eigenvalue weighted by Crippen LogP contribution is -2.29. The quantitative estimate of drug-likeness (QED) is 0.111. The predicted octanol–water partition coefficient (Wildman–Crippen LogP) is 8.39. The third-order valence-corrected chi connectivity index (χ3v) is 10.1. The van der Waals surface area contributed by atoms with Gasteiger partial charge in [-0.25, -0.2) is 4.98 Å². The number of anilines is 2. The molecule has 0 saturated carbocycles. The van der Waals surface area contributed by atoms with Gasteiger partial charge in [-0.2, -0.15) is 0 Å². The van der Waals surface area contributed by atoms with E-state index < -0.39 is 10.8 Å². The molecule has 5 aromatic rings. The maximum atomic E-state index is 13.7. The summed E-state index contributed by atoms with van der Waals surface area (Å²) in [6.45, 7) is 10.1. The molecule has 6 rings (SSSR count). The number of fused-ring (bicyclic) bond motifs is 2. The molecule has 260 valence electrons. The number of unbranched alkanes of at least 4 members (excludes halogenated alkanes) is 1. The normalized spacial score (nSPS) is 13.5. The van der Waals surface area contributed by atoms with E-state index in [-0.39, 0.29) is 5.91 Å². The number of ether oxygens (including phenoxy) is 2. The Morgan fingerprint density at radius 3 is 2.54 bits per heavy atom. The average Bonchev–Trinajstić information content (AvgIpc) is 3.44. The van der Waals surface area contributed by atoms with E-state index in [9.17, 15) is 9.00 Å². The summed E-state index contributed by atoms with van der Waals surface area (Å²) >= 11 is 0. The number of amides is 1. The van der Waals surface area contributed by atoms with Gasteiger partial charge in [0.05, 0.1) is 35.1 Å². The fraction of sp³-hybridized carbons (Fsp3) is 0.317. The third kappa shape index (κ3) is 8.89. The molecule has 0 saturated heterocycles. The monoisotopic (exact) mass is 690 g/mol. The smallest absolute Gasteiger partial charge is 0.251 e. The minimum Gasteiger partial charge on any atom is -0.491 e. The Kier molecular flexibility index (Phi) is 11.8. The zero-order chi connectivity index (χ0) is 34.9. The van der Waals surface area contributed by atoms with Gasteiger partial charge >= 0.3 is 0 Å². The van der Waals surface area contributed by atoms with Crippen molar-refractivity contribution in [3.8, 4) is 16.9 Å². The highest BCUT2D eigenvalue weighted by molar-refractivity contribution is 7.84. The number of nitrogens with one attached hydrogen (secondary N) is 1. The molecule has 1 aliphatic heterocycles. The van der Waals surface area contributed by atoms with Crippen LogP contribution < -0.4 is 15.0 Å². The Morgan fingerprint density at radius 2 is 1.76 bits per heavy atom. The molecule has 2 aromatic heterocycles. The van der Waals surface area contributed by atoms with E-state index in [0.717, 1.165) is 77.6 Å². The maximum Gasteiger partial charge on any atom is 0.251 e. The topological polar surface area (TPSA) is 85.2 Å². The lowest BCUT2D eigenvalue weighted by Gasteiger charge is -2.27. The second-order valence-corrected chi connectivity index (χ2v) is 14.5. The van der Waals surface area contributed by atoms with Crippen LogP contribution in [0.15, 0.2) is 108 Å². The van der Waals surface area contributed by atoms with Crippen LogP contribution in [0, 0.1) is 5.92 Å². The van der Waals surface area contributed by atoms with E-state index in [1.54, 1.807) is 6.20 Å². The molecule has 0 radical (unpaired) electrons. The molecule has 0 spiro atoms. The summed E-state index contributed by atoms with van der Waals surface area (Å²) in [6, 6.07) is 27.7. The molecule has 1 atom stereocenters. The number of hydrogen-bond acceptors (Lipinski definition) is 6. The van der Waals surface area contributed by atoms with Crippen molar-refractivity contribution in [1.29, 1.82) is 0 Å². The first kappa shape index (κ1) is 35.1. The molecule has 0 fully saturated rings. The zero-order valence-electron chi connectivity index (χ0n) is 29.1. The fourth-order valence-electron chi connectivity index (χ4n) is 6.10. The summed E-state index contributed by atoms with van der Waals surface area (Å²) in [5, 5.41) is 3.08. The van der Waals surface area contributed by atoms with Crippen molar-refractivity contribution < 1.29 is 18.5 Å². The van der Waals surface area contributed by atoms with Gasteiger partial charge in [-0.05, 0) is 102 Å². The van der Waals surface area contributed by atoms with E-state index in [1.807, 2.05) is 71.3 Å². The van der Waals surface area contributed by atoms with E-state index >= 15 is 0 Å². The van der Waals surface area contributed by atoms with Crippen molar-refractivity contribution in [3.63, 3.8) is 0 Å². The Hall–Kier alpha value is -4.73. The molecule has 8 nitrogen and oxygen atoms in total. The second-order valence-electron chi connectivity index (χ2n) is 13.0. The number of carbonyl (C=O) groups is 1. The van der Waals surface area contributed by atoms with Crippen molar-refractivity contribution in [3.05, 3.63) is 114 Å². The summed E-state index contributed by atoms with van der Waals surface area (Å²) in [6.07, 6.45) is 8.54. The van der Waals surface area contributed by atoms with Gasteiger partial charge in [0.1, 0.15) is 18.0 Å². The molecule has 3 heterocycles. The van der Waals surface area contributed by atoms with Gasteiger partial charge in [-0.15, -0.1) is 0 Å². The molecule has 0 aliphatic carbocycles. The van der Waals surface area contributed by atoms with Crippen LogP contribution in [-0.4, -0.2) is 52.4 Å². The lowest BCUT2D eigenvalue weighted by molar-refractivity contribution is -0.112. The number of carbonyl (C=O) groups excluding carboxylic acids is 1. The van der Waals surface area contributed by atoms with E-state index in [0.29, 0.717) is 41.9 Å². The summed E-state index contributed by atoms with van der Waals surface area (Å²) < 4.78 is 26.6. The fourth-order valence-corrected chi connectivity index (χ4v) is 7.19. The van der Waals surface area contributed by atoms with Gasteiger partial charge in [0.2, 0.25) is 0 Å². The van der Waals surface area contributed by atoms with Crippen molar-refractivity contribution in [2.24, 2.45) is 5.92 Å². The number of imidazole rings is 1. The average molecular weight is 691 g/mol. The van der Waals surface area contributed by atoms with Gasteiger partial charge in [0, 0.05) is 47.7 Å². The van der Waals surface area contributed by atoms with Crippen molar-refractivity contribution in [2.75, 3.05) is 43.1 Å². The maximum absolute atomic E-state index is 13.7. The number of nitrogens with zero attached hydrogens (tertiary/aromatic N) is 3. The molecule has 1 unspecified atom stereocenters. The van der Waals surface area contributed by atoms with Crippen LogP contribution in [0.2, 0.25) is 0 Å². The molecule has 0 bridgehead atoms.